The predicted octanol–water partition coefficient (Wildman–Crippen LogP) is 2.63. The third kappa shape index (κ3) is 3.16. The highest BCUT2D eigenvalue weighted by molar-refractivity contribution is 5.91. The summed E-state index contributed by atoms with van der Waals surface area (Å²) in [6.45, 7) is 3.62. The molecule has 160 valence electrons. The monoisotopic (exact) mass is 417 g/mol. The number of nitrogens with zero attached hydrogens (tertiary/aromatic N) is 5. The van der Waals surface area contributed by atoms with Gasteiger partial charge in [0, 0.05) is 37.3 Å². The Morgan fingerprint density at radius 1 is 1.26 bits per heavy atom. The molecule has 1 atom stereocenters. The molecule has 0 aromatic carbocycles. The highest BCUT2D eigenvalue weighted by atomic mass is 16.1. The van der Waals surface area contributed by atoms with Gasteiger partial charge in [0.25, 0.3) is 5.56 Å². The van der Waals surface area contributed by atoms with Crippen LogP contribution in [0.15, 0.2) is 16.9 Å². The minimum atomic E-state index is -0.117. The fourth-order valence-corrected chi connectivity index (χ4v) is 5.35. The number of aromatic nitrogens is 5. The quantitative estimate of drug-likeness (QED) is 0.621. The van der Waals surface area contributed by atoms with Crippen molar-refractivity contribution in [2.75, 3.05) is 23.7 Å². The van der Waals surface area contributed by atoms with E-state index in [0.717, 1.165) is 50.0 Å². The maximum atomic E-state index is 13.3. The van der Waals surface area contributed by atoms with E-state index in [4.69, 9.17) is 17.1 Å². The highest BCUT2D eigenvalue weighted by Gasteiger charge is 2.41. The summed E-state index contributed by atoms with van der Waals surface area (Å²) >= 11 is 0. The molecule has 3 aromatic rings. The van der Waals surface area contributed by atoms with Gasteiger partial charge in [-0.3, -0.25) is 14.5 Å². The molecule has 0 bridgehead atoms. The van der Waals surface area contributed by atoms with Gasteiger partial charge >= 0.3 is 0 Å². The Morgan fingerprint density at radius 2 is 2.03 bits per heavy atom. The lowest BCUT2D eigenvalue weighted by Crippen LogP contribution is -2.42. The molecule has 8 nitrogen and oxygen atoms in total. The molecule has 1 saturated heterocycles. The van der Waals surface area contributed by atoms with Crippen molar-refractivity contribution in [3.05, 3.63) is 28.2 Å². The predicted molar refractivity (Wildman–Crippen MR) is 122 cm³/mol. The second-order valence-electron chi connectivity index (χ2n) is 9.04. The summed E-state index contributed by atoms with van der Waals surface area (Å²) in [6, 6.07) is 3.58. The summed E-state index contributed by atoms with van der Waals surface area (Å²) in [7, 11) is 1.78. The molecular formula is C23H27N7O. The van der Waals surface area contributed by atoms with E-state index in [1.807, 2.05) is 13.0 Å². The summed E-state index contributed by atoms with van der Waals surface area (Å²) in [5.74, 6) is 4.47. The molecule has 3 aromatic heterocycles. The number of aryl methyl sites for hydroxylation is 1. The Hall–Kier alpha value is -3.34. The normalized spacial score (nSPS) is 20.4. The third-order valence-corrected chi connectivity index (χ3v) is 7.19. The SMILES string of the molecule is C#C[C@H]1CCC2(CCN(c3nc4n[nH]c(-c5ccc(N)nc5C)c4c(=O)n3C)CC2)C1. The van der Waals surface area contributed by atoms with E-state index in [1.54, 1.807) is 17.7 Å². The molecule has 1 spiro atoms. The summed E-state index contributed by atoms with van der Waals surface area (Å²) in [5, 5.41) is 7.82. The summed E-state index contributed by atoms with van der Waals surface area (Å²) < 4.78 is 1.64. The Bertz CT molecular complexity index is 1260. The second kappa shape index (κ2) is 7.12. The van der Waals surface area contributed by atoms with E-state index in [1.165, 1.54) is 6.42 Å². The van der Waals surface area contributed by atoms with Gasteiger partial charge in [0.05, 0.1) is 5.69 Å². The number of nitrogen functional groups attached to an aromatic ring is 1. The van der Waals surface area contributed by atoms with Crippen molar-refractivity contribution in [3.8, 4) is 23.6 Å². The minimum absolute atomic E-state index is 0.117. The lowest BCUT2D eigenvalue weighted by atomic mass is 9.76. The van der Waals surface area contributed by atoms with Crippen molar-refractivity contribution in [2.45, 2.75) is 39.0 Å². The molecular weight excluding hydrogens is 390 g/mol. The van der Waals surface area contributed by atoms with Crippen LogP contribution in [0.4, 0.5) is 11.8 Å². The van der Waals surface area contributed by atoms with Crippen LogP contribution in [0.5, 0.6) is 0 Å². The number of hydrogen-bond acceptors (Lipinski definition) is 6. The number of rotatable bonds is 2. The van der Waals surface area contributed by atoms with Gasteiger partial charge in [-0.05, 0) is 56.6 Å². The Morgan fingerprint density at radius 3 is 2.71 bits per heavy atom. The first kappa shape index (κ1) is 19.6. The van der Waals surface area contributed by atoms with Crippen molar-refractivity contribution in [1.82, 2.24) is 24.7 Å². The molecule has 2 fully saturated rings. The maximum absolute atomic E-state index is 13.3. The third-order valence-electron chi connectivity index (χ3n) is 7.19. The molecule has 31 heavy (non-hydrogen) atoms. The van der Waals surface area contributed by atoms with Crippen LogP contribution in [0.3, 0.4) is 0 Å². The molecule has 3 N–H and O–H groups in total. The Balaban J connectivity index is 1.48. The van der Waals surface area contributed by atoms with Gasteiger partial charge in [-0.1, -0.05) is 0 Å². The minimum Gasteiger partial charge on any atom is -0.384 e. The number of piperidine rings is 1. The number of fused-ring (bicyclic) bond motifs is 1. The van der Waals surface area contributed by atoms with Crippen LogP contribution >= 0.6 is 0 Å². The van der Waals surface area contributed by atoms with E-state index in [-0.39, 0.29) is 5.56 Å². The number of nitrogens with two attached hydrogens (primary N) is 1. The molecule has 1 aliphatic heterocycles. The highest BCUT2D eigenvalue weighted by Crippen LogP contribution is 2.49. The number of nitrogens with one attached hydrogen (secondary N) is 1. The summed E-state index contributed by atoms with van der Waals surface area (Å²) in [4.78, 5) is 24.6. The first-order valence-electron chi connectivity index (χ1n) is 10.8. The van der Waals surface area contributed by atoms with Crippen molar-refractivity contribution in [3.63, 3.8) is 0 Å². The number of terminal acetylenes is 1. The van der Waals surface area contributed by atoms with Crippen molar-refractivity contribution >= 4 is 22.8 Å². The molecule has 1 aliphatic carbocycles. The van der Waals surface area contributed by atoms with Crippen molar-refractivity contribution < 1.29 is 0 Å². The molecule has 0 unspecified atom stereocenters. The van der Waals surface area contributed by atoms with Crippen LogP contribution in [0.25, 0.3) is 22.3 Å². The average molecular weight is 418 g/mol. The van der Waals surface area contributed by atoms with E-state index >= 15 is 0 Å². The lowest BCUT2D eigenvalue weighted by molar-refractivity contribution is 0.220. The van der Waals surface area contributed by atoms with Gasteiger partial charge in [0.2, 0.25) is 5.95 Å². The van der Waals surface area contributed by atoms with Gasteiger partial charge in [-0.25, -0.2) is 4.98 Å². The molecule has 8 heteroatoms. The largest absolute Gasteiger partial charge is 0.384 e. The molecule has 0 amide bonds. The Labute approximate surface area is 180 Å². The fourth-order valence-electron chi connectivity index (χ4n) is 5.35. The van der Waals surface area contributed by atoms with Gasteiger partial charge in [0.1, 0.15) is 11.2 Å². The Kier molecular flexibility index (Phi) is 4.50. The number of H-pyrrole nitrogens is 1. The molecule has 1 saturated carbocycles. The summed E-state index contributed by atoms with van der Waals surface area (Å²) in [5.41, 5.74) is 8.61. The standard InChI is InChI=1S/C23H27N7O/c1-4-15-7-8-23(13-15)9-11-30(12-10-23)22-26-20-18(21(31)29(22)3)19(27-28-20)16-5-6-17(24)25-14(16)2/h1,5-6,15H,7-13H2,2-3H3,(H2,24,25)(H,27,28)/t15-/m0/s1. The van der Waals surface area contributed by atoms with Crippen molar-refractivity contribution in [1.29, 1.82) is 0 Å². The van der Waals surface area contributed by atoms with Gasteiger partial charge < -0.3 is 10.6 Å². The van der Waals surface area contributed by atoms with E-state index in [0.29, 0.717) is 39.8 Å². The number of aromatic amines is 1. The molecule has 4 heterocycles. The first-order chi connectivity index (χ1) is 14.9. The van der Waals surface area contributed by atoms with Crippen LogP contribution in [-0.2, 0) is 7.05 Å². The van der Waals surface area contributed by atoms with E-state index in [9.17, 15) is 4.79 Å². The van der Waals surface area contributed by atoms with Crippen molar-refractivity contribution in [2.24, 2.45) is 18.4 Å². The smallest absolute Gasteiger partial charge is 0.266 e. The van der Waals surface area contributed by atoms with Crippen LogP contribution in [-0.4, -0.2) is 37.8 Å². The van der Waals surface area contributed by atoms with Gasteiger partial charge in [-0.15, -0.1) is 12.3 Å². The zero-order valence-electron chi connectivity index (χ0n) is 18.0. The summed E-state index contributed by atoms with van der Waals surface area (Å²) in [6.07, 6.45) is 11.3. The van der Waals surface area contributed by atoms with Crippen LogP contribution < -0.4 is 16.2 Å². The number of hydrogen-bond donors (Lipinski definition) is 2. The molecule has 0 radical (unpaired) electrons. The maximum Gasteiger partial charge on any atom is 0.266 e. The topological polar surface area (TPSA) is 106 Å². The van der Waals surface area contributed by atoms with Gasteiger partial charge in [0.15, 0.2) is 5.65 Å². The van der Waals surface area contributed by atoms with Gasteiger partial charge in [-0.2, -0.15) is 10.1 Å². The zero-order chi connectivity index (χ0) is 21.8. The molecule has 5 rings (SSSR count). The van der Waals surface area contributed by atoms with E-state index in [2.05, 4.69) is 26.0 Å². The van der Waals surface area contributed by atoms with Crippen LogP contribution in [0.2, 0.25) is 0 Å². The first-order valence-corrected chi connectivity index (χ1v) is 10.8. The average Bonchev–Trinajstić information content (AvgIpc) is 3.36. The zero-order valence-corrected chi connectivity index (χ0v) is 18.0. The molecule has 2 aliphatic rings. The van der Waals surface area contributed by atoms with Crippen LogP contribution in [0.1, 0.15) is 37.8 Å². The van der Waals surface area contributed by atoms with Crippen LogP contribution in [0, 0.1) is 30.6 Å². The fraction of sp³-hybridized carbons (Fsp3) is 0.478. The number of pyridine rings is 1. The van der Waals surface area contributed by atoms with E-state index < -0.39 is 0 Å². The lowest BCUT2D eigenvalue weighted by Gasteiger charge is -2.40. The second-order valence-corrected chi connectivity index (χ2v) is 9.04. The number of anilines is 2.